The van der Waals surface area contributed by atoms with Crippen LogP contribution in [0.1, 0.15) is 76.2 Å². The molecule has 1 nitrogen and oxygen atoms in total. The number of unbranched alkanes of at least 4 members (excludes halogenated alkanes) is 3. The van der Waals surface area contributed by atoms with E-state index < -0.39 is 17.4 Å². The molecule has 170 valence electrons. The molecule has 4 heteroatoms. The highest BCUT2D eigenvalue weighted by molar-refractivity contribution is 5.89. The van der Waals surface area contributed by atoms with E-state index in [1.165, 1.54) is 57.1 Å². The standard InChI is InChI=1S/C28H31F3O/c1-2-3-4-5-6-18-7-9-19(10-8-18)20-11-13-23(24(29)16-20)22-15-21-12-14-26(32)28(31)27(21)25(30)17-22/h11-19,32H,2-10H2,1H3. The summed E-state index contributed by atoms with van der Waals surface area (Å²) < 4.78 is 43.7. The van der Waals surface area contributed by atoms with E-state index in [2.05, 4.69) is 6.92 Å². The molecule has 4 rings (SSSR count). The third kappa shape index (κ3) is 4.79. The van der Waals surface area contributed by atoms with Gasteiger partial charge in [-0.3, -0.25) is 0 Å². The predicted molar refractivity (Wildman–Crippen MR) is 124 cm³/mol. The smallest absolute Gasteiger partial charge is 0.175 e. The fraction of sp³-hybridized carbons (Fsp3) is 0.429. The number of rotatable bonds is 7. The van der Waals surface area contributed by atoms with Crippen molar-refractivity contribution in [1.29, 1.82) is 0 Å². The van der Waals surface area contributed by atoms with Crippen LogP contribution in [0.3, 0.4) is 0 Å². The van der Waals surface area contributed by atoms with Crippen LogP contribution < -0.4 is 0 Å². The zero-order valence-corrected chi connectivity index (χ0v) is 18.6. The molecule has 0 heterocycles. The zero-order valence-electron chi connectivity index (χ0n) is 18.6. The van der Waals surface area contributed by atoms with Gasteiger partial charge in [0.15, 0.2) is 11.6 Å². The molecule has 1 aliphatic rings. The average molecular weight is 441 g/mol. The van der Waals surface area contributed by atoms with Gasteiger partial charge in [0.05, 0.1) is 5.39 Å². The van der Waals surface area contributed by atoms with E-state index in [-0.39, 0.29) is 16.6 Å². The molecule has 1 saturated carbocycles. The van der Waals surface area contributed by atoms with Crippen LogP contribution in [0.4, 0.5) is 13.2 Å². The Bertz CT molecular complexity index is 1080. The van der Waals surface area contributed by atoms with Crippen LogP contribution in [0.25, 0.3) is 21.9 Å². The molecule has 0 aliphatic heterocycles. The maximum Gasteiger partial charge on any atom is 0.175 e. The quantitative estimate of drug-likeness (QED) is 0.364. The summed E-state index contributed by atoms with van der Waals surface area (Å²) in [5.41, 5.74) is 1.67. The monoisotopic (exact) mass is 440 g/mol. The highest BCUT2D eigenvalue weighted by Crippen LogP contribution is 2.39. The molecule has 32 heavy (non-hydrogen) atoms. The van der Waals surface area contributed by atoms with Crippen molar-refractivity contribution in [2.75, 3.05) is 0 Å². The van der Waals surface area contributed by atoms with Crippen LogP contribution in [0.15, 0.2) is 42.5 Å². The van der Waals surface area contributed by atoms with E-state index in [0.717, 1.165) is 30.4 Å². The molecule has 0 radical (unpaired) electrons. The number of hydrogen-bond acceptors (Lipinski definition) is 1. The first-order chi connectivity index (χ1) is 15.5. The number of benzene rings is 3. The topological polar surface area (TPSA) is 20.2 Å². The second-order valence-electron chi connectivity index (χ2n) is 9.26. The minimum atomic E-state index is -0.997. The van der Waals surface area contributed by atoms with Crippen molar-refractivity contribution in [1.82, 2.24) is 0 Å². The van der Waals surface area contributed by atoms with Crippen molar-refractivity contribution in [3.63, 3.8) is 0 Å². The highest BCUT2D eigenvalue weighted by Gasteiger charge is 2.23. The molecule has 0 bridgehead atoms. The number of halogens is 3. The maximum absolute atomic E-state index is 15.0. The van der Waals surface area contributed by atoms with Crippen LogP contribution in [0.2, 0.25) is 0 Å². The van der Waals surface area contributed by atoms with Crippen molar-refractivity contribution in [2.45, 2.75) is 70.6 Å². The molecule has 0 saturated heterocycles. The molecular weight excluding hydrogens is 409 g/mol. The summed E-state index contributed by atoms with van der Waals surface area (Å²) in [7, 11) is 0. The van der Waals surface area contributed by atoms with Gasteiger partial charge in [0.2, 0.25) is 0 Å². The molecule has 0 amide bonds. The fourth-order valence-electron chi connectivity index (χ4n) is 5.18. The predicted octanol–water partition coefficient (Wildman–Crippen LogP) is 8.87. The van der Waals surface area contributed by atoms with Gasteiger partial charge < -0.3 is 5.11 Å². The summed E-state index contributed by atoms with van der Waals surface area (Å²) in [6.07, 6.45) is 11.1. The van der Waals surface area contributed by atoms with E-state index in [1.54, 1.807) is 18.2 Å². The Balaban J connectivity index is 1.48. The van der Waals surface area contributed by atoms with Crippen molar-refractivity contribution in [3.8, 4) is 16.9 Å². The Hall–Kier alpha value is -2.49. The van der Waals surface area contributed by atoms with E-state index in [1.807, 2.05) is 6.07 Å². The Labute approximate surface area is 188 Å². The molecule has 0 atom stereocenters. The second-order valence-corrected chi connectivity index (χ2v) is 9.26. The normalized spacial score (nSPS) is 18.9. The molecule has 1 fully saturated rings. The van der Waals surface area contributed by atoms with E-state index in [9.17, 15) is 13.9 Å². The van der Waals surface area contributed by atoms with Gasteiger partial charge in [-0.15, -0.1) is 0 Å². The lowest BCUT2D eigenvalue weighted by Gasteiger charge is -2.29. The van der Waals surface area contributed by atoms with Crippen molar-refractivity contribution in [2.24, 2.45) is 5.92 Å². The van der Waals surface area contributed by atoms with Crippen LogP contribution in [0.5, 0.6) is 5.75 Å². The van der Waals surface area contributed by atoms with Gasteiger partial charge in [-0.1, -0.05) is 57.2 Å². The minimum absolute atomic E-state index is 0.280. The van der Waals surface area contributed by atoms with Crippen LogP contribution in [0, 0.1) is 23.4 Å². The fourth-order valence-corrected chi connectivity index (χ4v) is 5.18. The summed E-state index contributed by atoms with van der Waals surface area (Å²) in [6, 6.07) is 10.5. The molecule has 3 aromatic rings. The number of fused-ring (bicyclic) bond motifs is 1. The summed E-state index contributed by atoms with van der Waals surface area (Å²) in [6.45, 7) is 2.23. The molecule has 1 aliphatic carbocycles. The van der Waals surface area contributed by atoms with Gasteiger partial charge in [-0.05, 0) is 78.3 Å². The average Bonchev–Trinajstić information content (AvgIpc) is 2.79. The molecular formula is C28H31F3O. The summed E-state index contributed by atoms with van der Waals surface area (Å²) in [5, 5.41) is 9.51. The van der Waals surface area contributed by atoms with Crippen LogP contribution in [-0.2, 0) is 0 Å². The third-order valence-electron chi connectivity index (χ3n) is 7.07. The molecule has 0 unspecified atom stereocenters. The van der Waals surface area contributed by atoms with Crippen molar-refractivity contribution < 1.29 is 18.3 Å². The number of aromatic hydroxyl groups is 1. The largest absolute Gasteiger partial charge is 0.505 e. The van der Waals surface area contributed by atoms with Crippen LogP contribution in [-0.4, -0.2) is 5.11 Å². The van der Waals surface area contributed by atoms with Gasteiger partial charge in [0.1, 0.15) is 11.6 Å². The maximum atomic E-state index is 15.0. The van der Waals surface area contributed by atoms with Gasteiger partial charge in [0, 0.05) is 5.56 Å². The number of phenolic OH excluding ortho intramolecular Hbond substituents is 1. The first-order valence-corrected chi connectivity index (χ1v) is 11.9. The van der Waals surface area contributed by atoms with Gasteiger partial charge >= 0.3 is 0 Å². The van der Waals surface area contributed by atoms with Gasteiger partial charge in [0.25, 0.3) is 0 Å². The molecule has 0 aromatic heterocycles. The van der Waals surface area contributed by atoms with E-state index in [0.29, 0.717) is 17.0 Å². The number of phenols is 1. The lowest BCUT2D eigenvalue weighted by molar-refractivity contribution is 0.302. The first-order valence-electron chi connectivity index (χ1n) is 11.9. The lowest BCUT2D eigenvalue weighted by Crippen LogP contribution is -2.13. The van der Waals surface area contributed by atoms with Crippen molar-refractivity contribution >= 4 is 10.8 Å². The summed E-state index contributed by atoms with van der Waals surface area (Å²) in [4.78, 5) is 0. The Morgan fingerprint density at radius 3 is 2.34 bits per heavy atom. The summed E-state index contributed by atoms with van der Waals surface area (Å²) in [5.74, 6) is -1.63. The minimum Gasteiger partial charge on any atom is -0.505 e. The van der Waals surface area contributed by atoms with Gasteiger partial charge in [-0.2, -0.15) is 0 Å². The molecule has 0 spiro atoms. The zero-order chi connectivity index (χ0) is 22.7. The number of hydrogen-bond donors (Lipinski definition) is 1. The van der Waals surface area contributed by atoms with E-state index >= 15 is 4.39 Å². The second kappa shape index (κ2) is 9.97. The Kier molecular flexibility index (Phi) is 7.07. The Morgan fingerprint density at radius 1 is 0.844 bits per heavy atom. The highest BCUT2D eigenvalue weighted by atomic mass is 19.1. The van der Waals surface area contributed by atoms with Crippen molar-refractivity contribution in [3.05, 3.63) is 65.5 Å². The third-order valence-corrected chi connectivity index (χ3v) is 7.07. The molecule has 1 N–H and O–H groups in total. The summed E-state index contributed by atoms with van der Waals surface area (Å²) >= 11 is 0. The Morgan fingerprint density at radius 2 is 1.62 bits per heavy atom. The van der Waals surface area contributed by atoms with E-state index in [4.69, 9.17) is 0 Å². The first kappa shape index (κ1) is 22.7. The van der Waals surface area contributed by atoms with Crippen LogP contribution >= 0.6 is 0 Å². The lowest BCUT2D eigenvalue weighted by atomic mass is 9.77. The molecule has 3 aromatic carbocycles. The van der Waals surface area contributed by atoms with Gasteiger partial charge in [-0.25, -0.2) is 13.2 Å². The SMILES string of the molecule is CCCCCCC1CCC(c2ccc(-c3cc(F)c4c(F)c(O)ccc4c3)c(F)c2)CC1.